The molecule has 0 unspecified atom stereocenters. The molecule has 0 radical (unpaired) electrons. The molecular formula is C24H23FN6O3. The van der Waals surface area contributed by atoms with Crippen LogP contribution < -0.4 is 20.3 Å². The Hall–Kier alpha value is -4.47. The van der Waals surface area contributed by atoms with E-state index in [0.29, 0.717) is 22.8 Å². The van der Waals surface area contributed by atoms with Gasteiger partial charge in [0.1, 0.15) is 12.1 Å². The van der Waals surface area contributed by atoms with Gasteiger partial charge in [-0.2, -0.15) is 0 Å². The largest absolute Gasteiger partial charge is 0.494 e. The van der Waals surface area contributed by atoms with Crippen LogP contribution in [-0.4, -0.2) is 47.7 Å². The van der Waals surface area contributed by atoms with E-state index < -0.39 is 5.82 Å². The first-order valence-electron chi connectivity index (χ1n) is 10.4. The number of rotatable bonds is 5. The highest BCUT2D eigenvalue weighted by Crippen LogP contribution is 2.27. The number of urea groups is 1. The SMILES string of the molecule is CNC(=O)Nc1ccc(-n2cnc3c(C)cc(C(=O)N(C)c4ccc(F)c(OC)c4)cc32)cn1. The summed E-state index contributed by atoms with van der Waals surface area (Å²) in [5, 5.41) is 5.07. The van der Waals surface area contributed by atoms with Gasteiger partial charge in [-0.1, -0.05) is 0 Å². The molecule has 0 saturated carbocycles. The fraction of sp³-hybridized carbons (Fsp3) is 0.167. The fourth-order valence-corrected chi connectivity index (χ4v) is 3.57. The zero-order valence-electron chi connectivity index (χ0n) is 19.1. The average molecular weight is 462 g/mol. The number of ether oxygens (including phenoxy) is 1. The summed E-state index contributed by atoms with van der Waals surface area (Å²) < 4.78 is 20.6. The number of methoxy groups -OCH3 is 1. The van der Waals surface area contributed by atoms with E-state index in [1.807, 2.05) is 11.5 Å². The monoisotopic (exact) mass is 462 g/mol. The Morgan fingerprint density at radius 3 is 2.59 bits per heavy atom. The lowest BCUT2D eigenvalue weighted by Gasteiger charge is -2.19. The van der Waals surface area contributed by atoms with Gasteiger partial charge in [0.2, 0.25) is 0 Å². The normalized spacial score (nSPS) is 10.7. The summed E-state index contributed by atoms with van der Waals surface area (Å²) in [5.74, 6) is -0.312. The number of anilines is 2. The van der Waals surface area contributed by atoms with Gasteiger partial charge in [0.15, 0.2) is 11.6 Å². The first-order valence-corrected chi connectivity index (χ1v) is 10.4. The van der Waals surface area contributed by atoms with E-state index in [1.165, 1.54) is 37.3 Å². The van der Waals surface area contributed by atoms with Crippen molar-refractivity contribution in [1.29, 1.82) is 0 Å². The van der Waals surface area contributed by atoms with Crippen molar-refractivity contribution in [1.82, 2.24) is 19.9 Å². The van der Waals surface area contributed by atoms with Crippen LogP contribution >= 0.6 is 0 Å². The van der Waals surface area contributed by atoms with E-state index in [4.69, 9.17) is 4.74 Å². The van der Waals surface area contributed by atoms with Crippen LogP contribution in [0.1, 0.15) is 15.9 Å². The third-order valence-corrected chi connectivity index (χ3v) is 5.41. The van der Waals surface area contributed by atoms with E-state index in [9.17, 15) is 14.0 Å². The highest BCUT2D eigenvalue weighted by atomic mass is 19.1. The molecule has 174 valence electrons. The summed E-state index contributed by atoms with van der Waals surface area (Å²) in [6.07, 6.45) is 3.26. The number of benzene rings is 2. The molecule has 0 bridgehead atoms. The highest BCUT2D eigenvalue weighted by molar-refractivity contribution is 6.07. The summed E-state index contributed by atoms with van der Waals surface area (Å²) in [5.41, 5.74) is 3.96. The zero-order valence-corrected chi connectivity index (χ0v) is 19.1. The standard InChI is InChI=1S/C24H23FN6O3/c1-14-9-15(23(32)30(3)16-5-7-18(25)20(11-16)34-4)10-19-22(14)28-13-31(19)17-6-8-21(27-12-17)29-24(33)26-2/h5-13H,1-4H3,(H2,26,27,29,33). The lowest BCUT2D eigenvalue weighted by atomic mass is 10.1. The van der Waals surface area contributed by atoms with Gasteiger partial charge in [0, 0.05) is 31.4 Å². The van der Waals surface area contributed by atoms with E-state index >= 15 is 0 Å². The van der Waals surface area contributed by atoms with E-state index in [1.54, 1.807) is 43.8 Å². The number of nitrogens with one attached hydrogen (secondary N) is 2. The molecule has 0 aliphatic rings. The number of hydrogen-bond donors (Lipinski definition) is 2. The Balaban J connectivity index is 1.69. The minimum atomic E-state index is -0.501. The summed E-state index contributed by atoms with van der Waals surface area (Å²) in [7, 11) is 4.51. The Labute approximate surface area is 195 Å². The highest BCUT2D eigenvalue weighted by Gasteiger charge is 2.19. The zero-order chi connectivity index (χ0) is 24.4. The van der Waals surface area contributed by atoms with Crippen molar-refractivity contribution in [2.45, 2.75) is 6.92 Å². The van der Waals surface area contributed by atoms with Gasteiger partial charge >= 0.3 is 6.03 Å². The van der Waals surface area contributed by atoms with Crippen LogP contribution in [0.15, 0.2) is 55.0 Å². The maximum absolute atomic E-state index is 13.8. The van der Waals surface area contributed by atoms with Gasteiger partial charge in [-0.25, -0.2) is 19.2 Å². The molecule has 2 aromatic heterocycles. The first kappa shape index (κ1) is 22.7. The van der Waals surface area contributed by atoms with E-state index in [-0.39, 0.29) is 17.7 Å². The second-order valence-corrected chi connectivity index (χ2v) is 7.56. The number of amides is 3. The molecule has 2 aromatic carbocycles. The van der Waals surface area contributed by atoms with Crippen LogP contribution in [0.3, 0.4) is 0 Å². The van der Waals surface area contributed by atoms with Crippen molar-refractivity contribution >= 4 is 34.5 Å². The van der Waals surface area contributed by atoms with Crippen molar-refractivity contribution in [2.75, 3.05) is 31.4 Å². The Bertz CT molecular complexity index is 1380. The van der Waals surface area contributed by atoms with E-state index in [2.05, 4.69) is 20.6 Å². The van der Waals surface area contributed by atoms with Gasteiger partial charge in [-0.15, -0.1) is 0 Å². The van der Waals surface area contributed by atoms with Crippen LogP contribution in [-0.2, 0) is 0 Å². The molecule has 4 aromatic rings. The molecule has 4 rings (SSSR count). The number of nitrogens with zero attached hydrogens (tertiary/aromatic N) is 4. The number of pyridine rings is 1. The summed E-state index contributed by atoms with van der Waals surface area (Å²) in [6.45, 7) is 1.88. The minimum absolute atomic E-state index is 0.0590. The molecule has 0 aliphatic heterocycles. The number of aromatic nitrogens is 3. The average Bonchev–Trinajstić information content (AvgIpc) is 3.28. The molecule has 34 heavy (non-hydrogen) atoms. The molecule has 2 heterocycles. The van der Waals surface area contributed by atoms with Crippen molar-refractivity contribution in [2.24, 2.45) is 0 Å². The summed E-state index contributed by atoms with van der Waals surface area (Å²) in [4.78, 5) is 34.9. The summed E-state index contributed by atoms with van der Waals surface area (Å²) in [6, 6.07) is 10.9. The van der Waals surface area contributed by atoms with E-state index in [0.717, 1.165) is 16.6 Å². The first-order chi connectivity index (χ1) is 16.3. The Morgan fingerprint density at radius 2 is 1.91 bits per heavy atom. The van der Waals surface area contributed by atoms with Crippen LogP contribution in [0.25, 0.3) is 16.7 Å². The molecular weight excluding hydrogens is 439 g/mol. The molecule has 9 nitrogen and oxygen atoms in total. The molecule has 0 fully saturated rings. The number of carbonyl (C=O) groups excluding carboxylic acids is 2. The topological polar surface area (TPSA) is 101 Å². The second-order valence-electron chi connectivity index (χ2n) is 7.56. The quantitative estimate of drug-likeness (QED) is 0.468. The third-order valence-electron chi connectivity index (χ3n) is 5.41. The number of aryl methyl sites for hydroxylation is 1. The van der Waals surface area contributed by atoms with Crippen LogP contribution in [0.4, 0.5) is 20.7 Å². The number of imidazole rings is 1. The predicted octanol–water partition coefficient (Wildman–Crippen LogP) is 3.90. The fourth-order valence-electron chi connectivity index (χ4n) is 3.57. The number of hydrogen-bond acceptors (Lipinski definition) is 5. The number of halogens is 1. The molecule has 0 saturated heterocycles. The van der Waals surface area contributed by atoms with Crippen molar-refractivity contribution in [3.63, 3.8) is 0 Å². The van der Waals surface area contributed by atoms with Crippen LogP contribution in [0.2, 0.25) is 0 Å². The predicted molar refractivity (Wildman–Crippen MR) is 127 cm³/mol. The van der Waals surface area contributed by atoms with Gasteiger partial charge in [-0.3, -0.25) is 14.7 Å². The lowest BCUT2D eigenvalue weighted by molar-refractivity contribution is 0.0993. The maximum atomic E-state index is 13.8. The summed E-state index contributed by atoms with van der Waals surface area (Å²) >= 11 is 0. The van der Waals surface area contributed by atoms with Crippen molar-refractivity contribution in [3.05, 3.63) is 71.9 Å². The Morgan fingerprint density at radius 1 is 1.12 bits per heavy atom. The molecule has 0 atom stereocenters. The van der Waals surface area contributed by atoms with Crippen molar-refractivity contribution < 1.29 is 18.7 Å². The number of fused-ring (bicyclic) bond motifs is 1. The van der Waals surface area contributed by atoms with Gasteiger partial charge in [0.25, 0.3) is 5.91 Å². The molecule has 3 amide bonds. The molecule has 2 N–H and O–H groups in total. The smallest absolute Gasteiger partial charge is 0.320 e. The van der Waals surface area contributed by atoms with Crippen molar-refractivity contribution in [3.8, 4) is 11.4 Å². The number of carbonyl (C=O) groups is 2. The van der Waals surface area contributed by atoms with Crippen LogP contribution in [0, 0.1) is 12.7 Å². The maximum Gasteiger partial charge on any atom is 0.320 e. The van der Waals surface area contributed by atoms with Gasteiger partial charge in [-0.05, 0) is 48.9 Å². The van der Waals surface area contributed by atoms with Gasteiger partial charge in [0.05, 0.1) is 30.0 Å². The molecule has 10 heteroatoms. The third kappa shape index (κ3) is 4.25. The van der Waals surface area contributed by atoms with Crippen LogP contribution in [0.5, 0.6) is 5.75 Å². The molecule has 0 aliphatic carbocycles. The second kappa shape index (κ2) is 9.18. The van der Waals surface area contributed by atoms with Gasteiger partial charge < -0.3 is 15.0 Å². The molecule has 0 spiro atoms. The lowest BCUT2D eigenvalue weighted by Crippen LogP contribution is -2.26. The Kier molecular flexibility index (Phi) is 6.13. The minimum Gasteiger partial charge on any atom is -0.494 e.